The van der Waals surface area contributed by atoms with Crippen molar-refractivity contribution in [3.05, 3.63) is 87.4 Å². The number of methoxy groups -OCH3 is 1. The van der Waals surface area contributed by atoms with Gasteiger partial charge in [-0.3, -0.25) is 14.9 Å². The maximum atomic E-state index is 12.6. The molecule has 0 atom stereocenters. The molecule has 3 aromatic carbocycles. The summed E-state index contributed by atoms with van der Waals surface area (Å²) in [7, 11) is 1.48. The summed E-state index contributed by atoms with van der Waals surface area (Å²) >= 11 is 14.5. The summed E-state index contributed by atoms with van der Waals surface area (Å²) in [5.41, 5.74) is 1.87. The normalized spacial score (nSPS) is 10.2. The van der Waals surface area contributed by atoms with Gasteiger partial charge in [-0.15, -0.1) is 0 Å². The third kappa shape index (κ3) is 6.27. The van der Waals surface area contributed by atoms with Crippen LogP contribution in [0.25, 0.3) is 0 Å². The van der Waals surface area contributed by atoms with Crippen molar-refractivity contribution in [3.8, 4) is 5.75 Å². The fraction of sp³-hybridized carbons (Fsp3) is 0.0455. The zero-order chi connectivity index (χ0) is 22.4. The minimum absolute atomic E-state index is 0.0828. The highest BCUT2D eigenvalue weighted by atomic mass is 79.9. The van der Waals surface area contributed by atoms with Crippen LogP contribution in [0.3, 0.4) is 0 Å². The maximum Gasteiger partial charge on any atom is 0.261 e. The van der Waals surface area contributed by atoms with Crippen molar-refractivity contribution in [1.29, 1.82) is 0 Å². The lowest BCUT2D eigenvalue weighted by atomic mass is 10.2. The van der Waals surface area contributed by atoms with Crippen LogP contribution in [-0.4, -0.2) is 24.0 Å². The van der Waals surface area contributed by atoms with E-state index in [9.17, 15) is 9.59 Å². The van der Waals surface area contributed by atoms with Crippen molar-refractivity contribution in [2.45, 2.75) is 0 Å². The second kappa shape index (κ2) is 10.4. The highest BCUT2D eigenvalue weighted by molar-refractivity contribution is 9.10. The molecule has 9 heteroatoms. The molecule has 0 aliphatic carbocycles. The molecule has 3 rings (SSSR count). The topological polar surface area (TPSA) is 79.5 Å². The minimum atomic E-state index is -0.425. The van der Waals surface area contributed by atoms with Gasteiger partial charge in [0.25, 0.3) is 11.8 Å². The smallest absolute Gasteiger partial charge is 0.261 e. The number of rotatable bonds is 5. The quantitative estimate of drug-likeness (QED) is 0.389. The maximum absolute atomic E-state index is 12.6. The molecule has 0 aliphatic heterocycles. The Bertz CT molecular complexity index is 1160. The van der Waals surface area contributed by atoms with Gasteiger partial charge in [-0.05, 0) is 66.8 Å². The molecule has 0 saturated heterocycles. The van der Waals surface area contributed by atoms with E-state index in [1.807, 2.05) is 0 Å². The molecule has 3 N–H and O–H groups in total. The van der Waals surface area contributed by atoms with E-state index < -0.39 is 5.91 Å². The second-order valence-corrected chi connectivity index (χ2v) is 8.06. The van der Waals surface area contributed by atoms with Gasteiger partial charge in [0.2, 0.25) is 0 Å². The van der Waals surface area contributed by atoms with Crippen molar-refractivity contribution >= 4 is 68.1 Å². The van der Waals surface area contributed by atoms with Gasteiger partial charge >= 0.3 is 0 Å². The molecule has 0 aliphatic rings. The van der Waals surface area contributed by atoms with Crippen molar-refractivity contribution < 1.29 is 14.3 Å². The number of hydrogen-bond acceptors (Lipinski definition) is 4. The molecule has 0 spiro atoms. The number of amides is 2. The van der Waals surface area contributed by atoms with E-state index >= 15 is 0 Å². The first kappa shape index (κ1) is 22.7. The molecule has 0 aromatic heterocycles. The third-order valence-electron chi connectivity index (χ3n) is 4.10. The van der Waals surface area contributed by atoms with E-state index in [1.54, 1.807) is 66.7 Å². The van der Waals surface area contributed by atoms with Gasteiger partial charge in [0.05, 0.1) is 12.7 Å². The Labute approximate surface area is 198 Å². The summed E-state index contributed by atoms with van der Waals surface area (Å²) in [4.78, 5) is 25.1. The molecule has 6 nitrogen and oxygen atoms in total. The summed E-state index contributed by atoms with van der Waals surface area (Å²) in [5.74, 6) is -0.312. The van der Waals surface area contributed by atoms with Crippen molar-refractivity contribution in [1.82, 2.24) is 5.32 Å². The van der Waals surface area contributed by atoms with Gasteiger partial charge in [0.15, 0.2) is 5.11 Å². The Hall–Kier alpha value is -2.94. The van der Waals surface area contributed by atoms with E-state index in [1.165, 1.54) is 7.11 Å². The zero-order valence-corrected chi connectivity index (χ0v) is 19.4. The fourth-order valence-electron chi connectivity index (χ4n) is 2.70. The van der Waals surface area contributed by atoms with E-state index in [-0.39, 0.29) is 11.0 Å². The first-order chi connectivity index (χ1) is 14.9. The van der Waals surface area contributed by atoms with Gasteiger partial charge in [-0.2, -0.15) is 0 Å². The molecule has 0 heterocycles. The number of thiocarbonyl (C=S) groups is 1. The average Bonchev–Trinajstić information content (AvgIpc) is 2.73. The number of ether oxygens (including phenoxy) is 1. The molecule has 31 heavy (non-hydrogen) atoms. The average molecular weight is 519 g/mol. The number of nitrogens with one attached hydrogen (secondary N) is 3. The summed E-state index contributed by atoms with van der Waals surface area (Å²) in [6.45, 7) is 0. The van der Waals surface area contributed by atoms with Gasteiger partial charge in [0, 0.05) is 26.4 Å². The number of carbonyl (C=O) groups is 2. The lowest BCUT2D eigenvalue weighted by molar-refractivity contribution is 0.0973. The number of carbonyl (C=O) groups excluding carboxylic acids is 2. The predicted molar refractivity (Wildman–Crippen MR) is 130 cm³/mol. The highest BCUT2D eigenvalue weighted by Gasteiger charge is 2.15. The Morgan fingerprint density at radius 2 is 1.65 bits per heavy atom. The molecule has 0 radical (unpaired) electrons. The SMILES string of the molecule is COc1ccc(Br)cc1C(=O)NC(=S)Nc1cccc(C(=O)Nc2cccc(Cl)c2)c1. The fourth-order valence-corrected chi connectivity index (χ4v) is 3.46. The van der Waals surface area contributed by atoms with Crippen molar-refractivity contribution in [2.75, 3.05) is 17.7 Å². The van der Waals surface area contributed by atoms with E-state index in [2.05, 4.69) is 31.9 Å². The van der Waals surface area contributed by atoms with Gasteiger partial charge in [-0.25, -0.2) is 0 Å². The minimum Gasteiger partial charge on any atom is -0.496 e. The van der Waals surface area contributed by atoms with Gasteiger partial charge in [-0.1, -0.05) is 39.7 Å². The molecule has 158 valence electrons. The van der Waals surface area contributed by atoms with Crippen LogP contribution < -0.4 is 20.7 Å². The van der Waals surface area contributed by atoms with Gasteiger partial charge < -0.3 is 15.4 Å². The lowest BCUT2D eigenvalue weighted by Crippen LogP contribution is -2.34. The lowest BCUT2D eigenvalue weighted by Gasteiger charge is -2.13. The van der Waals surface area contributed by atoms with Gasteiger partial charge in [0.1, 0.15) is 5.75 Å². The zero-order valence-electron chi connectivity index (χ0n) is 16.2. The number of hydrogen-bond donors (Lipinski definition) is 3. The van der Waals surface area contributed by atoms with Crippen LogP contribution in [-0.2, 0) is 0 Å². The number of anilines is 2. The molecule has 3 aromatic rings. The van der Waals surface area contributed by atoms with Crippen molar-refractivity contribution in [3.63, 3.8) is 0 Å². The van der Waals surface area contributed by atoms with Crippen LogP contribution in [0.15, 0.2) is 71.2 Å². The first-order valence-electron chi connectivity index (χ1n) is 8.98. The molecule has 2 amide bonds. The highest BCUT2D eigenvalue weighted by Crippen LogP contribution is 2.23. The molecule has 0 fully saturated rings. The first-order valence-corrected chi connectivity index (χ1v) is 10.6. The predicted octanol–water partition coefficient (Wildman–Crippen LogP) is 5.49. The summed E-state index contributed by atoms with van der Waals surface area (Å²) in [5, 5.41) is 8.90. The number of benzene rings is 3. The summed E-state index contributed by atoms with van der Waals surface area (Å²) in [6.07, 6.45) is 0. The monoisotopic (exact) mass is 517 g/mol. The van der Waals surface area contributed by atoms with E-state index in [0.717, 1.165) is 4.47 Å². The van der Waals surface area contributed by atoms with Crippen LogP contribution >= 0.6 is 39.7 Å². The molecule has 0 saturated carbocycles. The Morgan fingerprint density at radius 3 is 2.35 bits per heavy atom. The van der Waals surface area contributed by atoms with Crippen LogP contribution in [0.5, 0.6) is 5.75 Å². The Morgan fingerprint density at radius 1 is 0.935 bits per heavy atom. The van der Waals surface area contributed by atoms with Crippen LogP contribution in [0, 0.1) is 0 Å². The standard InChI is InChI=1S/C22H17BrClN3O3S/c1-30-19-9-8-14(23)11-18(19)21(29)27-22(31)26-16-6-2-4-13(10-16)20(28)25-17-7-3-5-15(24)12-17/h2-12H,1H3,(H,25,28)(H2,26,27,29,31). The second-order valence-electron chi connectivity index (χ2n) is 6.30. The summed E-state index contributed by atoms with van der Waals surface area (Å²) < 4.78 is 5.95. The van der Waals surface area contributed by atoms with Crippen LogP contribution in [0.2, 0.25) is 5.02 Å². The van der Waals surface area contributed by atoms with E-state index in [0.29, 0.717) is 33.3 Å². The molecular weight excluding hydrogens is 502 g/mol. The summed E-state index contributed by atoms with van der Waals surface area (Å²) in [6, 6.07) is 18.7. The van der Waals surface area contributed by atoms with E-state index in [4.69, 9.17) is 28.6 Å². The third-order valence-corrected chi connectivity index (χ3v) is 5.03. The molecule has 0 bridgehead atoms. The van der Waals surface area contributed by atoms with Crippen LogP contribution in [0.1, 0.15) is 20.7 Å². The largest absolute Gasteiger partial charge is 0.496 e. The van der Waals surface area contributed by atoms with Crippen LogP contribution in [0.4, 0.5) is 11.4 Å². The molecular formula is C22H17BrClN3O3S. The molecule has 0 unspecified atom stereocenters. The Kier molecular flexibility index (Phi) is 7.62. The Balaban J connectivity index is 1.66. The number of halogens is 2. The van der Waals surface area contributed by atoms with Crippen molar-refractivity contribution in [2.24, 2.45) is 0 Å².